The number of hydrogen-bond acceptors (Lipinski definition) is 2. The largest absolute Gasteiger partial charge is 0.478 e. The predicted octanol–water partition coefficient (Wildman–Crippen LogP) is 3.06. The zero-order valence-electron chi connectivity index (χ0n) is 10.9. The van der Waals surface area contributed by atoms with Crippen molar-refractivity contribution in [1.82, 2.24) is 0 Å². The predicted molar refractivity (Wildman–Crippen MR) is 76.8 cm³/mol. The Morgan fingerprint density at radius 1 is 1.11 bits per heavy atom. The molecule has 0 aliphatic carbocycles. The summed E-state index contributed by atoms with van der Waals surface area (Å²) in [4.78, 5) is 13.0. The smallest absolute Gasteiger partial charge is 0.335 e. The van der Waals surface area contributed by atoms with Gasteiger partial charge < -0.3 is 10.0 Å². The second-order valence-electron chi connectivity index (χ2n) is 4.51. The summed E-state index contributed by atoms with van der Waals surface area (Å²) in [5.41, 5.74) is 2.53. The molecule has 0 aliphatic rings. The van der Waals surface area contributed by atoms with Crippen LogP contribution in [0.25, 0.3) is 0 Å². The topological polar surface area (TPSA) is 40.5 Å². The normalized spacial score (nSPS) is 10.2. The molecule has 0 radical (unpaired) electrons. The summed E-state index contributed by atoms with van der Waals surface area (Å²) in [6.45, 7) is 0.854. The summed E-state index contributed by atoms with van der Waals surface area (Å²) in [5, 5.41) is 8.98. The highest BCUT2D eigenvalue weighted by Crippen LogP contribution is 2.15. The average molecular weight is 255 g/mol. The van der Waals surface area contributed by atoms with E-state index < -0.39 is 5.97 Å². The molecule has 0 saturated heterocycles. The first-order valence-electron chi connectivity index (χ1n) is 6.25. The van der Waals surface area contributed by atoms with Crippen LogP contribution in [0.15, 0.2) is 54.6 Å². The Morgan fingerprint density at radius 3 is 2.53 bits per heavy atom. The van der Waals surface area contributed by atoms with Crippen molar-refractivity contribution in [2.75, 3.05) is 18.5 Å². The maximum atomic E-state index is 10.9. The van der Waals surface area contributed by atoms with Crippen molar-refractivity contribution in [2.24, 2.45) is 0 Å². The van der Waals surface area contributed by atoms with Gasteiger partial charge >= 0.3 is 5.97 Å². The number of hydrogen-bond donors (Lipinski definition) is 1. The third-order valence-corrected chi connectivity index (χ3v) is 3.11. The molecule has 3 heteroatoms. The van der Waals surface area contributed by atoms with Gasteiger partial charge in [-0.25, -0.2) is 4.79 Å². The van der Waals surface area contributed by atoms with Crippen LogP contribution in [0.1, 0.15) is 15.9 Å². The summed E-state index contributed by atoms with van der Waals surface area (Å²) in [5.74, 6) is -0.890. The van der Waals surface area contributed by atoms with E-state index in [4.69, 9.17) is 5.11 Å². The van der Waals surface area contributed by atoms with Crippen LogP contribution in [0.5, 0.6) is 0 Å². The van der Waals surface area contributed by atoms with Crippen LogP contribution in [-0.4, -0.2) is 24.7 Å². The first-order valence-corrected chi connectivity index (χ1v) is 6.25. The van der Waals surface area contributed by atoms with E-state index in [1.54, 1.807) is 18.2 Å². The number of benzene rings is 2. The number of carboxylic acid groups (broad SMARTS) is 1. The monoisotopic (exact) mass is 255 g/mol. The van der Waals surface area contributed by atoms with E-state index in [1.807, 2.05) is 31.3 Å². The van der Waals surface area contributed by atoms with Crippen LogP contribution in [-0.2, 0) is 6.42 Å². The fraction of sp³-hybridized carbons (Fsp3) is 0.188. The molecule has 1 N–H and O–H groups in total. The molecule has 0 spiro atoms. The van der Waals surface area contributed by atoms with Crippen LogP contribution in [0.2, 0.25) is 0 Å². The number of carbonyl (C=O) groups is 1. The molecule has 0 saturated carbocycles. The second-order valence-corrected chi connectivity index (χ2v) is 4.51. The second kappa shape index (κ2) is 6.05. The van der Waals surface area contributed by atoms with E-state index in [1.165, 1.54) is 5.56 Å². The zero-order chi connectivity index (χ0) is 13.7. The zero-order valence-corrected chi connectivity index (χ0v) is 10.9. The molecule has 2 rings (SSSR count). The lowest BCUT2D eigenvalue weighted by molar-refractivity contribution is 0.0697. The van der Waals surface area contributed by atoms with Crippen molar-refractivity contribution < 1.29 is 9.90 Å². The Balaban J connectivity index is 2.02. The molecule has 19 heavy (non-hydrogen) atoms. The van der Waals surface area contributed by atoms with Crippen molar-refractivity contribution in [3.05, 3.63) is 65.7 Å². The van der Waals surface area contributed by atoms with Gasteiger partial charge in [0.2, 0.25) is 0 Å². The summed E-state index contributed by atoms with van der Waals surface area (Å²) in [6, 6.07) is 17.3. The maximum Gasteiger partial charge on any atom is 0.335 e. The molecule has 3 nitrogen and oxygen atoms in total. The van der Waals surface area contributed by atoms with Gasteiger partial charge in [-0.05, 0) is 30.2 Å². The highest BCUT2D eigenvalue weighted by Gasteiger charge is 2.06. The Labute approximate surface area is 113 Å². The van der Waals surface area contributed by atoms with E-state index in [-0.39, 0.29) is 0 Å². The van der Waals surface area contributed by atoms with E-state index >= 15 is 0 Å². The molecule has 0 atom stereocenters. The first-order chi connectivity index (χ1) is 9.16. The van der Waals surface area contributed by atoms with E-state index in [0.717, 1.165) is 18.7 Å². The molecule has 2 aromatic carbocycles. The maximum absolute atomic E-state index is 10.9. The lowest BCUT2D eigenvalue weighted by Crippen LogP contribution is -2.20. The van der Waals surface area contributed by atoms with Gasteiger partial charge in [0.1, 0.15) is 0 Å². The molecule has 0 unspecified atom stereocenters. The quantitative estimate of drug-likeness (QED) is 0.892. The van der Waals surface area contributed by atoms with Gasteiger partial charge in [0.15, 0.2) is 0 Å². The summed E-state index contributed by atoms with van der Waals surface area (Å²) in [6.07, 6.45) is 0.939. The number of nitrogens with zero attached hydrogens (tertiary/aromatic N) is 1. The van der Waals surface area contributed by atoms with Gasteiger partial charge in [-0.2, -0.15) is 0 Å². The van der Waals surface area contributed by atoms with Crippen LogP contribution < -0.4 is 4.90 Å². The molecular weight excluding hydrogens is 238 g/mol. The summed E-state index contributed by atoms with van der Waals surface area (Å²) >= 11 is 0. The van der Waals surface area contributed by atoms with Gasteiger partial charge in [0.05, 0.1) is 5.56 Å². The minimum atomic E-state index is -0.890. The molecule has 0 bridgehead atoms. The highest BCUT2D eigenvalue weighted by atomic mass is 16.4. The van der Waals surface area contributed by atoms with E-state index in [9.17, 15) is 4.79 Å². The van der Waals surface area contributed by atoms with Crippen molar-refractivity contribution in [3.8, 4) is 0 Å². The van der Waals surface area contributed by atoms with Gasteiger partial charge in [-0.3, -0.25) is 0 Å². The van der Waals surface area contributed by atoms with Gasteiger partial charge in [0, 0.05) is 19.3 Å². The number of anilines is 1. The standard InChI is InChI=1S/C16H17NO2/c1-17(11-10-13-6-3-2-4-7-13)15-9-5-8-14(12-15)16(18)19/h2-9,12H,10-11H2,1H3,(H,18,19). The molecule has 0 aromatic heterocycles. The van der Waals surface area contributed by atoms with Crippen molar-refractivity contribution in [2.45, 2.75) is 6.42 Å². The fourth-order valence-electron chi connectivity index (χ4n) is 1.95. The average Bonchev–Trinajstić information content (AvgIpc) is 2.46. The molecular formula is C16H17NO2. The lowest BCUT2D eigenvalue weighted by atomic mass is 10.1. The van der Waals surface area contributed by atoms with Crippen LogP contribution in [0.3, 0.4) is 0 Å². The molecule has 98 valence electrons. The van der Waals surface area contributed by atoms with Gasteiger partial charge in [-0.15, -0.1) is 0 Å². The number of aromatic carboxylic acids is 1. The Hall–Kier alpha value is -2.29. The van der Waals surface area contributed by atoms with Crippen LogP contribution in [0, 0.1) is 0 Å². The lowest BCUT2D eigenvalue weighted by Gasteiger charge is -2.19. The highest BCUT2D eigenvalue weighted by molar-refractivity contribution is 5.88. The third-order valence-electron chi connectivity index (χ3n) is 3.11. The summed E-state index contributed by atoms with van der Waals surface area (Å²) in [7, 11) is 1.98. The molecule has 0 amide bonds. The van der Waals surface area contributed by atoms with Gasteiger partial charge in [-0.1, -0.05) is 36.4 Å². The number of rotatable bonds is 5. The van der Waals surface area contributed by atoms with E-state index in [0.29, 0.717) is 5.56 Å². The van der Waals surface area contributed by atoms with Crippen LogP contribution in [0.4, 0.5) is 5.69 Å². The Bertz CT molecular complexity index is 552. The number of carboxylic acids is 1. The van der Waals surface area contributed by atoms with Gasteiger partial charge in [0.25, 0.3) is 0 Å². The summed E-state index contributed by atoms with van der Waals surface area (Å²) < 4.78 is 0. The van der Waals surface area contributed by atoms with Crippen molar-refractivity contribution in [1.29, 1.82) is 0 Å². The number of likely N-dealkylation sites (N-methyl/N-ethyl adjacent to an activating group) is 1. The van der Waals surface area contributed by atoms with Crippen molar-refractivity contribution >= 4 is 11.7 Å². The Morgan fingerprint density at radius 2 is 1.84 bits per heavy atom. The fourth-order valence-corrected chi connectivity index (χ4v) is 1.95. The minimum absolute atomic E-state index is 0.323. The molecule has 2 aromatic rings. The third kappa shape index (κ3) is 3.58. The van der Waals surface area contributed by atoms with E-state index in [2.05, 4.69) is 17.0 Å². The molecule has 0 heterocycles. The van der Waals surface area contributed by atoms with Crippen molar-refractivity contribution in [3.63, 3.8) is 0 Å². The Kier molecular flexibility index (Phi) is 4.18. The first kappa shape index (κ1) is 13.1. The van der Waals surface area contributed by atoms with Crippen LogP contribution >= 0.6 is 0 Å². The molecule has 0 fully saturated rings. The SMILES string of the molecule is CN(CCc1ccccc1)c1cccc(C(=O)O)c1. The minimum Gasteiger partial charge on any atom is -0.478 e. The molecule has 0 aliphatic heterocycles.